The molecule has 0 saturated carbocycles. The quantitative estimate of drug-likeness (QED) is 0.709. The zero-order valence-electron chi connectivity index (χ0n) is 13.2. The smallest absolute Gasteiger partial charge is 0.303 e. The Kier molecular flexibility index (Phi) is 4.65. The van der Waals surface area contributed by atoms with Crippen molar-refractivity contribution < 1.29 is 23.5 Å². The molecular weight excluding hydrogens is 310 g/mol. The monoisotopic (exact) mass is 327 g/mol. The molecule has 2 aromatic heterocycles. The molecule has 6 nitrogen and oxygen atoms in total. The molecule has 1 aromatic carbocycles. The van der Waals surface area contributed by atoms with Gasteiger partial charge in [-0.1, -0.05) is 12.1 Å². The number of oxazole rings is 1. The molecule has 0 aliphatic heterocycles. The molecule has 24 heavy (non-hydrogen) atoms. The average molecular weight is 327 g/mol. The summed E-state index contributed by atoms with van der Waals surface area (Å²) in [5, 5.41) is 8.69. The Morgan fingerprint density at radius 3 is 2.71 bits per heavy atom. The second kappa shape index (κ2) is 7.04. The van der Waals surface area contributed by atoms with Crippen molar-refractivity contribution in [1.29, 1.82) is 0 Å². The Morgan fingerprint density at radius 1 is 1.25 bits per heavy atom. The number of furan rings is 1. The molecule has 0 radical (unpaired) electrons. The molecule has 0 aliphatic carbocycles. The van der Waals surface area contributed by atoms with Crippen LogP contribution in [0.1, 0.15) is 23.4 Å². The molecule has 0 fully saturated rings. The van der Waals surface area contributed by atoms with Gasteiger partial charge in [0.1, 0.15) is 23.8 Å². The maximum Gasteiger partial charge on any atom is 0.303 e. The fourth-order valence-electron chi connectivity index (χ4n) is 2.22. The van der Waals surface area contributed by atoms with E-state index in [1.165, 1.54) is 0 Å². The summed E-state index contributed by atoms with van der Waals surface area (Å²) in [4.78, 5) is 15.0. The van der Waals surface area contributed by atoms with Crippen molar-refractivity contribution in [3.8, 4) is 17.4 Å². The molecule has 124 valence electrons. The number of benzene rings is 1. The number of hydrogen-bond acceptors (Lipinski definition) is 5. The third-order valence-corrected chi connectivity index (χ3v) is 3.55. The lowest BCUT2D eigenvalue weighted by molar-refractivity contribution is -0.136. The summed E-state index contributed by atoms with van der Waals surface area (Å²) in [5.74, 6) is 1.58. The number of aliphatic carboxylic acids is 1. The maximum absolute atomic E-state index is 10.6. The topological polar surface area (TPSA) is 85.7 Å². The van der Waals surface area contributed by atoms with Gasteiger partial charge in [-0.25, -0.2) is 4.98 Å². The van der Waals surface area contributed by atoms with Crippen LogP contribution in [0.2, 0.25) is 0 Å². The minimum Gasteiger partial charge on any atom is -0.487 e. The van der Waals surface area contributed by atoms with Crippen molar-refractivity contribution in [2.75, 3.05) is 0 Å². The summed E-state index contributed by atoms with van der Waals surface area (Å²) in [7, 11) is 0. The molecule has 2 heterocycles. The van der Waals surface area contributed by atoms with E-state index in [0.717, 1.165) is 5.56 Å². The van der Waals surface area contributed by atoms with Gasteiger partial charge in [0.2, 0.25) is 0 Å². The number of carboxylic acid groups (broad SMARTS) is 1. The first-order valence-corrected chi connectivity index (χ1v) is 7.55. The molecule has 0 saturated heterocycles. The first-order valence-electron chi connectivity index (χ1n) is 7.55. The van der Waals surface area contributed by atoms with E-state index in [2.05, 4.69) is 4.98 Å². The van der Waals surface area contributed by atoms with Gasteiger partial charge in [-0.3, -0.25) is 4.79 Å². The number of carboxylic acids is 1. The van der Waals surface area contributed by atoms with Gasteiger partial charge in [-0.15, -0.1) is 0 Å². The number of ether oxygens (including phenoxy) is 1. The number of carbonyl (C=O) groups is 1. The summed E-state index contributed by atoms with van der Waals surface area (Å²) in [5.41, 5.74) is 1.67. The summed E-state index contributed by atoms with van der Waals surface area (Å²) in [6.45, 7) is 2.11. The highest BCUT2D eigenvalue weighted by atomic mass is 16.5. The van der Waals surface area contributed by atoms with Crippen LogP contribution in [0.4, 0.5) is 0 Å². The molecule has 6 heteroatoms. The highest BCUT2D eigenvalue weighted by Gasteiger charge is 2.13. The van der Waals surface area contributed by atoms with E-state index < -0.39 is 5.97 Å². The van der Waals surface area contributed by atoms with Gasteiger partial charge in [0.05, 0.1) is 6.26 Å². The van der Waals surface area contributed by atoms with Crippen LogP contribution in [0.15, 0.2) is 51.5 Å². The van der Waals surface area contributed by atoms with E-state index >= 15 is 0 Å². The van der Waals surface area contributed by atoms with E-state index in [0.29, 0.717) is 35.3 Å². The number of aromatic nitrogens is 1. The molecule has 3 aromatic rings. The van der Waals surface area contributed by atoms with Crippen molar-refractivity contribution in [2.45, 2.75) is 26.4 Å². The van der Waals surface area contributed by atoms with Crippen molar-refractivity contribution in [2.24, 2.45) is 0 Å². The lowest BCUT2D eigenvalue weighted by Gasteiger charge is -2.05. The Morgan fingerprint density at radius 2 is 2.04 bits per heavy atom. The van der Waals surface area contributed by atoms with Crippen LogP contribution in [-0.4, -0.2) is 16.1 Å². The van der Waals surface area contributed by atoms with Crippen LogP contribution in [-0.2, 0) is 17.8 Å². The van der Waals surface area contributed by atoms with Crippen molar-refractivity contribution >= 4 is 5.97 Å². The van der Waals surface area contributed by atoms with E-state index in [-0.39, 0.29) is 13.0 Å². The van der Waals surface area contributed by atoms with Gasteiger partial charge < -0.3 is 18.7 Å². The zero-order chi connectivity index (χ0) is 16.9. The third kappa shape index (κ3) is 3.84. The first-order chi connectivity index (χ1) is 11.6. The second-order valence-corrected chi connectivity index (χ2v) is 5.33. The van der Waals surface area contributed by atoms with E-state index in [1.54, 1.807) is 18.4 Å². The van der Waals surface area contributed by atoms with Crippen molar-refractivity contribution in [3.63, 3.8) is 0 Å². The number of nitrogens with zero attached hydrogens (tertiary/aromatic N) is 1. The molecular formula is C18H17NO5. The largest absolute Gasteiger partial charge is 0.487 e. The van der Waals surface area contributed by atoms with Crippen LogP contribution in [0, 0.1) is 6.92 Å². The lowest BCUT2D eigenvalue weighted by Crippen LogP contribution is -1.99. The fraction of sp³-hybridized carbons (Fsp3) is 0.222. The third-order valence-electron chi connectivity index (χ3n) is 3.55. The van der Waals surface area contributed by atoms with E-state index in [1.807, 2.05) is 31.2 Å². The van der Waals surface area contributed by atoms with Crippen LogP contribution in [0.3, 0.4) is 0 Å². The molecule has 0 aliphatic rings. The van der Waals surface area contributed by atoms with Crippen LogP contribution in [0.25, 0.3) is 11.7 Å². The molecule has 1 N–H and O–H groups in total. The molecule has 0 atom stereocenters. The molecule has 0 spiro atoms. The summed E-state index contributed by atoms with van der Waals surface area (Å²) >= 11 is 0. The van der Waals surface area contributed by atoms with Gasteiger partial charge in [0.25, 0.3) is 5.89 Å². The summed E-state index contributed by atoms with van der Waals surface area (Å²) in [6.07, 6.45) is 2.19. The summed E-state index contributed by atoms with van der Waals surface area (Å²) < 4.78 is 16.6. The first kappa shape index (κ1) is 15.9. The van der Waals surface area contributed by atoms with Crippen molar-refractivity contribution in [1.82, 2.24) is 4.98 Å². The average Bonchev–Trinajstić information content (AvgIpc) is 3.21. The number of aryl methyl sites for hydroxylation is 2. The molecule has 3 rings (SSSR count). The zero-order valence-corrected chi connectivity index (χ0v) is 13.2. The Labute approximate surface area is 138 Å². The van der Waals surface area contributed by atoms with E-state index in [4.69, 9.17) is 18.7 Å². The van der Waals surface area contributed by atoms with Gasteiger partial charge in [0.15, 0.2) is 5.76 Å². The normalized spacial score (nSPS) is 10.7. The molecule has 0 unspecified atom stereocenters. The Hall–Kier alpha value is -3.02. The second-order valence-electron chi connectivity index (χ2n) is 5.33. The fourth-order valence-corrected chi connectivity index (χ4v) is 2.22. The maximum atomic E-state index is 10.6. The highest BCUT2D eigenvalue weighted by Crippen LogP contribution is 2.23. The minimum absolute atomic E-state index is 0.119. The van der Waals surface area contributed by atoms with Gasteiger partial charge in [0, 0.05) is 6.42 Å². The summed E-state index contributed by atoms with van der Waals surface area (Å²) in [6, 6.07) is 10.9. The minimum atomic E-state index is -0.802. The van der Waals surface area contributed by atoms with Crippen molar-refractivity contribution in [3.05, 3.63) is 59.7 Å². The SMILES string of the molecule is Cc1oc(-c2ccco2)nc1COc1ccc(CCC(=O)O)cc1. The standard InChI is InChI=1S/C18H17NO5/c1-12-15(19-18(24-12)16-3-2-10-22-16)11-23-14-7-4-13(5-8-14)6-9-17(20)21/h2-5,7-8,10H,6,9,11H2,1H3,(H,20,21). The number of hydrogen-bond donors (Lipinski definition) is 1. The Bertz CT molecular complexity index is 803. The van der Waals surface area contributed by atoms with Gasteiger partial charge in [-0.2, -0.15) is 0 Å². The van der Waals surface area contributed by atoms with Gasteiger partial charge in [-0.05, 0) is 43.2 Å². The van der Waals surface area contributed by atoms with Gasteiger partial charge >= 0.3 is 5.97 Å². The van der Waals surface area contributed by atoms with Crippen LogP contribution >= 0.6 is 0 Å². The molecule has 0 bridgehead atoms. The Balaban J connectivity index is 1.60. The van der Waals surface area contributed by atoms with Crippen LogP contribution in [0.5, 0.6) is 5.75 Å². The number of rotatable bonds is 7. The van der Waals surface area contributed by atoms with E-state index in [9.17, 15) is 4.79 Å². The lowest BCUT2D eigenvalue weighted by atomic mass is 10.1. The van der Waals surface area contributed by atoms with Crippen LogP contribution < -0.4 is 4.74 Å². The highest BCUT2D eigenvalue weighted by molar-refractivity contribution is 5.67. The predicted molar refractivity (Wildman–Crippen MR) is 85.7 cm³/mol. The predicted octanol–water partition coefficient (Wildman–Crippen LogP) is 3.84. The molecule has 0 amide bonds.